The number of nitrogens with zero attached hydrogens (tertiary/aromatic N) is 2. The second-order valence-corrected chi connectivity index (χ2v) is 6.02. The number of rotatable bonds is 1. The van der Waals surface area contributed by atoms with Crippen LogP contribution < -0.4 is 15.7 Å². The van der Waals surface area contributed by atoms with E-state index in [0.29, 0.717) is 0 Å². The average Bonchev–Trinajstić information content (AvgIpc) is 2.78. The van der Waals surface area contributed by atoms with Crippen LogP contribution in [0.1, 0.15) is 27.7 Å². The largest absolute Gasteiger partial charge is 0.498 e. The van der Waals surface area contributed by atoms with Gasteiger partial charge in [0.1, 0.15) is 6.20 Å². The zero-order chi connectivity index (χ0) is 13.8. The first-order chi connectivity index (χ1) is 8.80. The zero-order valence-corrected chi connectivity index (χ0v) is 11.8. The Kier molecular flexibility index (Phi) is 2.46. The predicted octanol–water partition coefficient (Wildman–Crippen LogP) is 0.240. The molecule has 2 N–H and O–H groups in total. The first-order valence-corrected chi connectivity index (χ1v) is 6.43. The third-order valence-corrected chi connectivity index (χ3v) is 4.16. The molecule has 1 fully saturated rings. The lowest BCUT2D eigenvalue weighted by atomic mass is 9.80. The molecule has 5 nitrogen and oxygen atoms in total. The van der Waals surface area contributed by atoms with Crippen molar-refractivity contribution < 1.29 is 13.7 Å². The molecule has 6 heteroatoms. The van der Waals surface area contributed by atoms with Crippen molar-refractivity contribution in [2.75, 3.05) is 5.84 Å². The summed E-state index contributed by atoms with van der Waals surface area (Å²) in [5.74, 6) is 5.80. The quantitative estimate of drug-likeness (QED) is 0.454. The number of nitrogens with two attached hydrogens (primary N) is 1. The van der Waals surface area contributed by atoms with Crippen molar-refractivity contribution in [1.82, 2.24) is 4.68 Å². The van der Waals surface area contributed by atoms with E-state index in [2.05, 4.69) is 27.7 Å². The molecule has 3 rings (SSSR count). The maximum Gasteiger partial charge on any atom is 0.498 e. The molecule has 100 valence electrons. The van der Waals surface area contributed by atoms with E-state index >= 15 is 0 Å². The van der Waals surface area contributed by atoms with Crippen LogP contribution in [0.2, 0.25) is 0 Å². The zero-order valence-electron chi connectivity index (χ0n) is 11.8. The van der Waals surface area contributed by atoms with Gasteiger partial charge in [0, 0.05) is 11.5 Å². The molecule has 1 aliphatic rings. The van der Waals surface area contributed by atoms with Crippen molar-refractivity contribution in [3.63, 3.8) is 0 Å². The third-order valence-electron chi connectivity index (χ3n) is 4.16. The van der Waals surface area contributed by atoms with Crippen molar-refractivity contribution in [1.29, 1.82) is 0 Å². The van der Waals surface area contributed by atoms with Gasteiger partial charge in [-0.2, -0.15) is 0 Å². The fourth-order valence-corrected chi connectivity index (χ4v) is 2.20. The van der Waals surface area contributed by atoms with Gasteiger partial charge in [0.05, 0.1) is 17.4 Å². The first-order valence-electron chi connectivity index (χ1n) is 6.43. The molecule has 2 aromatic heterocycles. The van der Waals surface area contributed by atoms with Gasteiger partial charge in [-0.05, 0) is 27.7 Å². The number of imidazole rings is 1. The molecule has 0 aliphatic carbocycles. The monoisotopic (exact) mass is 260 g/mol. The fraction of sp³-hybridized carbons (Fsp3) is 0.462. The summed E-state index contributed by atoms with van der Waals surface area (Å²) < 4.78 is 15.6. The predicted molar refractivity (Wildman–Crippen MR) is 73.5 cm³/mol. The molecule has 0 amide bonds. The molecule has 0 spiro atoms. The van der Waals surface area contributed by atoms with Gasteiger partial charge in [0.15, 0.2) is 6.20 Å². The summed E-state index contributed by atoms with van der Waals surface area (Å²) >= 11 is 0. The first kappa shape index (κ1) is 12.5. The average molecular weight is 260 g/mol. The third kappa shape index (κ3) is 1.83. The van der Waals surface area contributed by atoms with Gasteiger partial charge < -0.3 is 9.31 Å². The van der Waals surface area contributed by atoms with Crippen molar-refractivity contribution in [2.45, 2.75) is 38.9 Å². The van der Waals surface area contributed by atoms with Crippen molar-refractivity contribution >= 4 is 18.2 Å². The minimum absolute atomic E-state index is 0.322. The molecule has 0 radical (unpaired) electrons. The molecule has 0 unspecified atom stereocenters. The van der Waals surface area contributed by atoms with Gasteiger partial charge in [-0.3, -0.25) is 5.84 Å². The smallest absolute Gasteiger partial charge is 0.399 e. The van der Waals surface area contributed by atoms with Crippen molar-refractivity contribution in [3.8, 4) is 0 Å². The van der Waals surface area contributed by atoms with Crippen LogP contribution in [0.15, 0.2) is 30.7 Å². The van der Waals surface area contributed by atoms with Crippen molar-refractivity contribution in [2.24, 2.45) is 0 Å². The second kappa shape index (κ2) is 3.74. The molecule has 1 saturated heterocycles. The molecule has 0 atom stereocenters. The number of pyridine rings is 1. The molecule has 3 heterocycles. The molecule has 0 bridgehead atoms. The summed E-state index contributed by atoms with van der Waals surface area (Å²) in [6, 6.07) is 3.95. The van der Waals surface area contributed by atoms with E-state index in [0.717, 1.165) is 11.1 Å². The van der Waals surface area contributed by atoms with Crippen LogP contribution in [0, 0.1) is 0 Å². The Labute approximate surface area is 113 Å². The van der Waals surface area contributed by atoms with Gasteiger partial charge in [-0.1, -0.05) is 6.07 Å². The molecule has 1 aliphatic heterocycles. The van der Waals surface area contributed by atoms with Gasteiger partial charge in [-0.15, -0.1) is 4.68 Å². The summed E-state index contributed by atoms with van der Waals surface area (Å²) in [4.78, 5) is 0. The molecule has 0 aromatic carbocycles. The topological polar surface area (TPSA) is 53.5 Å². The molecule has 0 saturated carbocycles. The Morgan fingerprint density at radius 2 is 1.79 bits per heavy atom. The van der Waals surface area contributed by atoms with Gasteiger partial charge in [-0.25, -0.2) is 4.40 Å². The molecule has 19 heavy (non-hydrogen) atoms. The lowest BCUT2D eigenvalue weighted by molar-refractivity contribution is -0.509. The van der Waals surface area contributed by atoms with Crippen LogP contribution in [0.25, 0.3) is 5.65 Å². The highest BCUT2D eigenvalue weighted by Crippen LogP contribution is 2.36. The Bertz CT molecular complexity index is 620. The summed E-state index contributed by atoms with van der Waals surface area (Å²) in [5.41, 5.74) is 1.26. The lowest BCUT2D eigenvalue weighted by Crippen LogP contribution is -2.41. The van der Waals surface area contributed by atoms with E-state index in [1.54, 1.807) is 4.68 Å². The Morgan fingerprint density at radius 1 is 1.16 bits per heavy atom. The standard InChI is InChI=1S/C13H19BN3O2/c1-12(2)13(3,4)19-14(18-12)10-5-6-11-16(9-10)7-8-17(11)15/h5-9H,15H2,1-4H3/q+1. The van der Waals surface area contributed by atoms with Crippen LogP contribution in [-0.2, 0) is 9.31 Å². The Balaban J connectivity index is 1.98. The van der Waals surface area contributed by atoms with E-state index in [1.807, 2.05) is 35.1 Å². The SMILES string of the molecule is CC1(C)OB(c2ccc3n(N)cc[n+]3c2)OC1(C)C. The molecular formula is C13H19BN3O2+. The van der Waals surface area contributed by atoms with Crippen LogP contribution in [-0.4, -0.2) is 23.0 Å². The minimum atomic E-state index is -0.344. The van der Waals surface area contributed by atoms with Crippen LogP contribution in [0.5, 0.6) is 0 Å². The maximum atomic E-state index is 6.03. The Hall–Kier alpha value is -1.53. The van der Waals surface area contributed by atoms with Gasteiger partial charge in [0.2, 0.25) is 0 Å². The highest BCUT2D eigenvalue weighted by molar-refractivity contribution is 6.61. The minimum Gasteiger partial charge on any atom is -0.399 e. The van der Waals surface area contributed by atoms with Crippen molar-refractivity contribution in [3.05, 3.63) is 30.7 Å². The maximum absolute atomic E-state index is 6.03. The summed E-state index contributed by atoms with van der Waals surface area (Å²) in [7, 11) is -0.344. The normalized spacial score (nSPS) is 21.2. The number of aromatic nitrogens is 2. The Morgan fingerprint density at radius 3 is 2.42 bits per heavy atom. The van der Waals surface area contributed by atoms with E-state index in [9.17, 15) is 0 Å². The van der Waals surface area contributed by atoms with E-state index in [1.165, 1.54) is 0 Å². The highest BCUT2D eigenvalue weighted by Gasteiger charge is 2.52. The van der Waals surface area contributed by atoms with Gasteiger partial charge >= 0.3 is 12.8 Å². The van der Waals surface area contributed by atoms with E-state index in [-0.39, 0.29) is 18.3 Å². The van der Waals surface area contributed by atoms with Gasteiger partial charge in [0.25, 0.3) is 0 Å². The molecule has 2 aromatic rings. The highest BCUT2D eigenvalue weighted by atomic mass is 16.7. The number of fused-ring (bicyclic) bond motifs is 1. The summed E-state index contributed by atoms with van der Waals surface area (Å²) in [6.45, 7) is 8.20. The van der Waals surface area contributed by atoms with Crippen LogP contribution in [0.4, 0.5) is 0 Å². The number of hydrogen-bond donors (Lipinski definition) is 1. The lowest BCUT2D eigenvalue weighted by Gasteiger charge is -2.32. The van der Waals surface area contributed by atoms with E-state index < -0.39 is 0 Å². The second-order valence-electron chi connectivity index (χ2n) is 6.02. The fourth-order valence-electron chi connectivity index (χ4n) is 2.20. The van der Waals surface area contributed by atoms with Crippen LogP contribution in [0.3, 0.4) is 0 Å². The van der Waals surface area contributed by atoms with Crippen LogP contribution >= 0.6 is 0 Å². The molecular weight excluding hydrogens is 241 g/mol. The summed E-state index contributed by atoms with van der Waals surface area (Å²) in [6.07, 6.45) is 5.70. The number of nitrogen functional groups attached to an aromatic ring is 1. The summed E-state index contributed by atoms with van der Waals surface area (Å²) in [5, 5.41) is 0. The van der Waals surface area contributed by atoms with E-state index in [4.69, 9.17) is 15.2 Å². The number of hydrogen-bond acceptors (Lipinski definition) is 3.